The Bertz CT molecular complexity index is 1540. The van der Waals surface area contributed by atoms with Crippen LogP contribution in [0.15, 0.2) is 76.4 Å². The minimum Gasteiger partial charge on any atom is -0.279 e. The molecule has 170 valence electrons. The Morgan fingerprint density at radius 3 is 2.36 bits per heavy atom. The highest BCUT2D eigenvalue weighted by Gasteiger charge is 2.31. The maximum absolute atomic E-state index is 13.0. The summed E-state index contributed by atoms with van der Waals surface area (Å²) >= 11 is 0. The maximum atomic E-state index is 13.0. The van der Waals surface area contributed by atoms with E-state index < -0.39 is 26.7 Å². The average Bonchev–Trinajstić information content (AvgIpc) is 2.75. The number of para-hydroxylation sites is 1. The molecular formula is C23H18F3N3O3S. The first-order valence-electron chi connectivity index (χ1n) is 9.77. The van der Waals surface area contributed by atoms with Crippen molar-refractivity contribution in [3.8, 4) is 5.69 Å². The predicted octanol–water partition coefficient (Wildman–Crippen LogP) is 4.82. The minimum absolute atomic E-state index is 0.176. The Morgan fingerprint density at radius 1 is 0.939 bits per heavy atom. The first-order chi connectivity index (χ1) is 15.5. The van der Waals surface area contributed by atoms with Crippen LogP contribution < -0.4 is 10.3 Å². The van der Waals surface area contributed by atoms with Gasteiger partial charge < -0.3 is 0 Å². The number of halogens is 3. The summed E-state index contributed by atoms with van der Waals surface area (Å²) in [5, 5.41) is 0.440. The molecule has 0 spiro atoms. The first-order valence-corrected chi connectivity index (χ1v) is 11.3. The minimum atomic E-state index is -4.66. The van der Waals surface area contributed by atoms with Gasteiger partial charge >= 0.3 is 6.18 Å². The zero-order valence-corrected chi connectivity index (χ0v) is 18.3. The molecule has 0 unspecified atom stereocenters. The van der Waals surface area contributed by atoms with Crippen LogP contribution in [0.3, 0.4) is 0 Å². The smallest absolute Gasteiger partial charge is 0.279 e. The van der Waals surface area contributed by atoms with Crippen LogP contribution in [0.4, 0.5) is 18.9 Å². The van der Waals surface area contributed by atoms with Crippen molar-refractivity contribution in [2.45, 2.75) is 24.9 Å². The first kappa shape index (κ1) is 22.5. The predicted molar refractivity (Wildman–Crippen MR) is 119 cm³/mol. The molecule has 10 heteroatoms. The van der Waals surface area contributed by atoms with Crippen molar-refractivity contribution in [3.63, 3.8) is 0 Å². The number of fused-ring (bicyclic) bond motifs is 1. The topological polar surface area (TPSA) is 81.1 Å². The summed E-state index contributed by atoms with van der Waals surface area (Å²) in [4.78, 5) is 16.9. The molecule has 0 aliphatic rings. The summed E-state index contributed by atoms with van der Waals surface area (Å²) in [6.07, 6.45) is -4.66. The number of alkyl halides is 3. The Labute approximate surface area is 187 Å². The number of nitrogens with one attached hydrogen (secondary N) is 1. The molecule has 0 atom stereocenters. The number of nitrogens with zero attached hydrogens (tertiary/aromatic N) is 2. The molecule has 1 heterocycles. The molecule has 33 heavy (non-hydrogen) atoms. The van der Waals surface area contributed by atoms with Crippen LogP contribution in [-0.4, -0.2) is 18.0 Å². The maximum Gasteiger partial charge on any atom is 0.416 e. The van der Waals surface area contributed by atoms with Crippen molar-refractivity contribution < 1.29 is 21.6 Å². The third kappa shape index (κ3) is 4.34. The van der Waals surface area contributed by atoms with E-state index in [1.54, 1.807) is 50.2 Å². The molecule has 0 bridgehead atoms. The lowest BCUT2D eigenvalue weighted by atomic mass is 10.1. The number of aromatic nitrogens is 2. The van der Waals surface area contributed by atoms with Gasteiger partial charge in [0.15, 0.2) is 0 Å². The fourth-order valence-corrected chi connectivity index (χ4v) is 4.67. The highest BCUT2D eigenvalue weighted by molar-refractivity contribution is 7.92. The standard InChI is InChI=1S/C23H18F3N3O3S/c1-14-12-17(29-15(2)27-21-9-4-3-8-19(21)22(29)30)10-11-20(14)28-33(31,32)18-7-5-6-16(13-18)23(24,25)26/h3-13,28H,1-2H3. The normalized spacial score (nSPS) is 12.2. The number of benzene rings is 3. The number of hydrogen-bond acceptors (Lipinski definition) is 4. The van der Waals surface area contributed by atoms with E-state index in [1.807, 2.05) is 0 Å². The number of aryl methyl sites for hydroxylation is 2. The SMILES string of the molecule is Cc1cc(-n2c(C)nc3ccccc3c2=O)ccc1NS(=O)(=O)c1cccc(C(F)(F)F)c1. The molecule has 3 aromatic carbocycles. The fourth-order valence-electron chi connectivity index (χ4n) is 3.49. The van der Waals surface area contributed by atoms with Crippen LogP contribution >= 0.6 is 0 Å². The van der Waals surface area contributed by atoms with Crippen LogP contribution in [0.25, 0.3) is 16.6 Å². The lowest BCUT2D eigenvalue weighted by Gasteiger charge is -2.15. The van der Waals surface area contributed by atoms with Crippen LogP contribution in [-0.2, 0) is 16.2 Å². The van der Waals surface area contributed by atoms with Gasteiger partial charge in [0.25, 0.3) is 15.6 Å². The highest BCUT2D eigenvalue weighted by atomic mass is 32.2. The summed E-state index contributed by atoms with van der Waals surface area (Å²) in [5.41, 5.74) is 0.373. The van der Waals surface area contributed by atoms with E-state index in [4.69, 9.17) is 0 Å². The van der Waals surface area contributed by atoms with E-state index in [0.29, 0.717) is 34.0 Å². The zero-order chi connectivity index (χ0) is 24.0. The summed E-state index contributed by atoms with van der Waals surface area (Å²) in [7, 11) is -4.27. The monoisotopic (exact) mass is 473 g/mol. The van der Waals surface area contributed by atoms with E-state index in [0.717, 1.165) is 18.2 Å². The summed E-state index contributed by atoms with van der Waals surface area (Å²) in [6.45, 7) is 3.32. The molecule has 0 fully saturated rings. The largest absolute Gasteiger partial charge is 0.416 e. The summed E-state index contributed by atoms with van der Waals surface area (Å²) < 4.78 is 68.0. The van der Waals surface area contributed by atoms with Crippen LogP contribution in [0, 0.1) is 13.8 Å². The molecule has 0 saturated carbocycles. The molecule has 1 N–H and O–H groups in total. The second kappa shape index (κ2) is 8.04. The van der Waals surface area contributed by atoms with E-state index in [-0.39, 0.29) is 11.2 Å². The molecular weight excluding hydrogens is 455 g/mol. The second-order valence-corrected chi connectivity index (χ2v) is 9.13. The third-order valence-corrected chi connectivity index (χ3v) is 6.49. The summed E-state index contributed by atoms with van der Waals surface area (Å²) in [5.74, 6) is 0.454. The number of anilines is 1. The van der Waals surface area contributed by atoms with E-state index in [1.165, 1.54) is 10.6 Å². The molecule has 1 aromatic heterocycles. The molecule has 4 aromatic rings. The van der Waals surface area contributed by atoms with Crippen LogP contribution in [0.2, 0.25) is 0 Å². The van der Waals surface area contributed by atoms with Gasteiger partial charge in [0.2, 0.25) is 0 Å². The average molecular weight is 473 g/mol. The van der Waals surface area contributed by atoms with Gasteiger partial charge in [-0.3, -0.25) is 14.1 Å². The quantitative estimate of drug-likeness (QED) is 0.461. The van der Waals surface area contributed by atoms with Crippen molar-refractivity contribution in [3.05, 3.63) is 94.0 Å². The molecule has 4 rings (SSSR count). The van der Waals surface area contributed by atoms with Gasteiger partial charge in [-0.15, -0.1) is 0 Å². The van der Waals surface area contributed by atoms with Gasteiger partial charge in [-0.05, 0) is 67.9 Å². The lowest BCUT2D eigenvalue weighted by Crippen LogP contribution is -2.22. The van der Waals surface area contributed by atoms with Gasteiger partial charge in [0.1, 0.15) is 5.82 Å². The van der Waals surface area contributed by atoms with Crippen LogP contribution in [0.5, 0.6) is 0 Å². The molecule has 0 saturated heterocycles. The van der Waals surface area contributed by atoms with Gasteiger partial charge in [-0.1, -0.05) is 18.2 Å². The Kier molecular flexibility index (Phi) is 5.49. The van der Waals surface area contributed by atoms with Crippen LogP contribution in [0.1, 0.15) is 17.0 Å². The summed E-state index contributed by atoms with van der Waals surface area (Å²) in [6, 6.07) is 15.0. The zero-order valence-electron chi connectivity index (χ0n) is 17.5. The highest BCUT2D eigenvalue weighted by Crippen LogP contribution is 2.31. The number of rotatable bonds is 4. The van der Waals surface area contributed by atoms with Crippen molar-refractivity contribution in [1.82, 2.24) is 9.55 Å². The van der Waals surface area contributed by atoms with E-state index >= 15 is 0 Å². The molecule has 0 aliphatic carbocycles. The van der Waals surface area contributed by atoms with Crippen molar-refractivity contribution in [1.29, 1.82) is 0 Å². The number of sulfonamides is 1. The number of hydrogen-bond donors (Lipinski definition) is 1. The van der Waals surface area contributed by atoms with Gasteiger partial charge in [-0.2, -0.15) is 13.2 Å². The van der Waals surface area contributed by atoms with Gasteiger partial charge in [-0.25, -0.2) is 13.4 Å². The lowest BCUT2D eigenvalue weighted by molar-refractivity contribution is -0.137. The second-order valence-electron chi connectivity index (χ2n) is 7.45. The Morgan fingerprint density at radius 2 is 1.67 bits per heavy atom. The molecule has 0 aliphatic heterocycles. The third-order valence-electron chi connectivity index (χ3n) is 5.13. The Hall–Kier alpha value is -3.66. The molecule has 0 amide bonds. The van der Waals surface area contributed by atoms with Crippen molar-refractivity contribution in [2.24, 2.45) is 0 Å². The van der Waals surface area contributed by atoms with Gasteiger partial charge in [0, 0.05) is 0 Å². The molecule has 6 nitrogen and oxygen atoms in total. The van der Waals surface area contributed by atoms with Crippen molar-refractivity contribution >= 4 is 26.6 Å². The molecule has 0 radical (unpaired) electrons. The van der Waals surface area contributed by atoms with E-state index in [2.05, 4.69) is 9.71 Å². The van der Waals surface area contributed by atoms with E-state index in [9.17, 15) is 26.4 Å². The van der Waals surface area contributed by atoms with Gasteiger partial charge in [0.05, 0.1) is 32.7 Å². The fraction of sp³-hybridized carbons (Fsp3) is 0.130. The Balaban J connectivity index is 1.71. The van der Waals surface area contributed by atoms with Crippen molar-refractivity contribution in [2.75, 3.05) is 4.72 Å².